The van der Waals surface area contributed by atoms with E-state index in [0.717, 1.165) is 0 Å². The van der Waals surface area contributed by atoms with Crippen molar-refractivity contribution in [3.05, 3.63) is 11.5 Å². The minimum absolute atomic E-state index is 0.176. The number of aliphatic imine (C=N–C) groups is 1. The Kier molecular flexibility index (Phi) is 5.53. The molecule has 0 amide bonds. The average molecular weight is 431 g/mol. The molecular formula is C10H19N5O10P2. The second kappa shape index (κ2) is 7.29. The van der Waals surface area contributed by atoms with Gasteiger partial charge in [0.05, 0.1) is 13.3 Å². The molecule has 1 unspecified atom stereocenters. The highest BCUT2D eigenvalue weighted by Crippen LogP contribution is 2.57. The Morgan fingerprint density at radius 2 is 1.96 bits per heavy atom. The van der Waals surface area contributed by atoms with E-state index in [0.29, 0.717) is 11.5 Å². The van der Waals surface area contributed by atoms with Crippen LogP contribution in [0.2, 0.25) is 0 Å². The molecule has 0 saturated carbocycles. The minimum Gasteiger partial charge on any atom is -0.387 e. The fourth-order valence-electron chi connectivity index (χ4n) is 2.82. The van der Waals surface area contributed by atoms with Gasteiger partial charge in [0, 0.05) is 0 Å². The number of phosphoric acid groups is 2. The van der Waals surface area contributed by atoms with Crippen LogP contribution in [-0.4, -0.2) is 80.1 Å². The molecule has 1 saturated heterocycles. The third-order valence-corrected chi connectivity index (χ3v) is 6.11. The van der Waals surface area contributed by atoms with E-state index in [4.69, 9.17) is 20.3 Å². The molecule has 0 bridgehead atoms. The van der Waals surface area contributed by atoms with E-state index >= 15 is 0 Å². The Labute approximate surface area is 152 Å². The predicted octanol–water partition coefficient (Wildman–Crippen LogP) is -3.39. The van der Waals surface area contributed by atoms with Gasteiger partial charge in [-0.25, -0.2) is 14.1 Å². The highest BCUT2D eigenvalue weighted by Gasteiger charge is 2.49. The quantitative estimate of drug-likeness (QED) is 0.192. The molecule has 3 aliphatic rings. The molecule has 0 aromatic heterocycles. The summed E-state index contributed by atoms with van der Waals surface area (Å²) in [6.07, 6.45) is -5.27. The van der Waals surface area contributed by atoms with Crippen molar-refractivity contribution in [2.24, 2.45) is 10.7 Å². The number of phosphoric ester groups is 1. The van der Waals surface area contributed by atoms with E-state index < -0.39 is 46.8 Å². The molecule has 15 nitrogen and oxygen atoms in total. The van der Waals surface area contributed by atoms with Crippen molar-refractivity contribution in [1.29, 1.82) is 0 Å². The molecule has 17 heteroatoms. The van der Waals surface area contributed by atoms with Crippen molar-refractivity contribution < 1.29 is 47.6 Å². The first-order valence-corrected chi connectivity index (χ1v) is 10.6. The van der Waals surface area contributed by atoms with Crippen LogP contribution in [0.4, 0.5) is 0 Å². The van der Waals surface area contributed by atoms with Gasteiger partial charge >= 0.3 is 15.6 Å². The van der Waals surface area contributed by atoms with Crippen molar-refractivity contribution in [3.63, 3.8) is 0 Å². The largest absolute Gasteiger partial charge is 0.481 e. The van der Waals surface area contributed by atoms with Gasteiger partial charge in [-0.05, 0) is 0 Å². The Hall–Kier alpha value is -1.25. The lowest BCUT2D eigenvalue weighted by Gasteiger charge is -2.30. The molecule has 3 heterocycles. The van der Waals surface area contributed by atoms with E-state index in [1.165, 1.54) is 4.90 Å². The lowest BCUT2D eigenvalue weighted by Crippen LogP contribution is -2.46. The number of aliphatic hydroxyl groups is 2. The molecule has 5 atom stereocenters. The van der Waals surface area contributed by atoms with Gasteiger partial charge in [0.15, 0.2) is 6.23 Å². The van der Waals surface area contributed by atoms with Crippen molar-refractivity contribution in [3.8, 4) is 0 Å². The number of hydrogen-bond acceptors (Lipinski definition) is 12. The monoisotopic (exact) mass is 431 g/mol. The highest BCUT2D eigenvalue weighted by atomic mass is 31.3. The highest BCUT2D eigenvalue weighted by molar-refractivity contribution is 7.60. The van der Waals surface area contributed by atoms with Gasteiger partial charge in [0.25, 0.3) is 0 Å². The number of nitrogens with two attached hydrogens (primary N) is 1. The van der Waals surface area contributed by atoms with Gasteiger partial charge in [0.2, 0.25) is 0 Å². The molecule has 0 aliphatic carbocycles. The molecular weight excluding hydrogens is 412 g/mol. The number of rotatable bonds is 6. The lowest BCUT2D eigenvalue weighted by molar-refractivity contribution is -0.0834. The summed E-state index contributed by atoms with van der Waals surface area (Å²) >= 11 is 0. The molecule has 1 fully saturated rings. The van der Waals surface area contributed by atoms with E-state index in [2.05, 4.69) is 24.5 Å². The Balaban J connectivity index is 1.66. The summed E-state index contributed by atoms with van der Waals surface area (Å²) in [5.41, 5.74) is 6.27. The first kappa shape index (κ1) is 20.5. The summed E-state index contributed by atoms with van der Waals surface area (Å²) in [6, 6.07) is 0. The number of hydrogen-bond donors (Lipinski definition) is 8. The van der Waals surface area contributed by atoms with Crippen LogP contribution in [0.5, 0.6) is 0 Å². The number of nitrogens with zero attached hydrogens (tertiary/aromatic N) is 2. The molecule has 0 aromatic carbocycles. The first-order chi connectivity index (χ1) is 12.5. The average Bonchev–Trinajstić information content (AvgIpc) is 3.07. The Bertz CT molecular complexity index is 755. The maximum atomic E-state index is 11.5. The van der Waals surface area contributed by atoms with Crippen LogP contribution in [-0.2, 0) is 22.7 Å². The number of ether oxygens (including phenoxy) is 1. The molecule has 3 rings (SSSR count). The minimum atomic E-state index is -5.27. The van der Waals surface area contributed by atoms with Crippen LogP contribution < -0.4 is 16.4 Å². The Morgan fingerprint density at radius 3 is 2.63 bits per heavy atom. The lowest BCUT2D eigenvalue weighted by atomic mass is 10.1. The van der Waals surface area contributed by atoms with Crippen molar-refractivity contribution in [2.45, 2.75) is 24.5 Å². The molecule has 0 spiro atoms. The number of aliphatic hydroxyl groups excluding tert-OH is 2. The zero-order chi connectivity index (χ0) is 20.0. The second-order valence-corrected chi connectivity index (χ2v) is 8.62. The normalized spacial score (nSPS) is 33.2. The fourth-order valence-corrected chi connectivity index (χ4v) is 4.42. The summed E-state index contributed by atoms with van der Waals surface area (Å²) in [7, 11) is -10.4. The summed E-state index contributed by atoms with van der Waals surface area (Å²) in [4.78, 5) is 31.9. The van der Waals surface area contributed by atoms with Gasteiger partial charge in [-0.15, -0.1) is 0 Å². The van der Waals surface area contributed by atoms with E-state index in [9.17, 15) is 24.2 Å². The van der Waals surface area contributed by atoms with Gasteiger partial charge in [0.1, 0.15) is 42.3 Å². The van der Waals surface area contributed by atoms with Crippen molar-refractivity contribution >= 4 is 21.5 Å². The maximum absolute atomic E-state index is 11.5. The van der Waals surface area contributed by atoms with Gasteiger partial charge < -0.3 is 50.9 Å². The molecule has 27 heavy (non-hydrogen) atoms. The summed E-state index contributed by atoms with van der Waals surface area (Å²) in [5, 5.41) is 26.3. The summed E-state index contributed by atoms with van der Waals surface area (Å²) < 4.78 is 35.7. The van der Waals surface area contributed by atoms with Crippen LogP contribution in [0, 0.1) is 0 Å². The molecule has 9 N–H and O–H groups in total. The molecule has 154 valence electrons. The van der Waals surface area contributed by atoms with Gasteiger partial charge in [-0.1, -0.05) is 0 Å². The van der Waals surface area contributed by atoms with E-state index in [1.807, 2.05) is 0 Å². The third-order valence-electron chi connectivity index (χ3n) is 3.96. The van der Waals surface area contributed by atoms with Crippen LogP contribution in [0.3, 0.4) is 0 Å². The van der Waals surface area contributed by atoms with E-state index in [-0.39, 0.29) is 19.2 Å². The molecule has 3 aliphatic heterocycles. The predicted molar refractivity (Wildman–Crippen MR) is 86.1 cm³/mol. The van der Waals surface area contributed by atoms with Gasteiger partial charge in [-0.2, -0.15) is 4.31 Å². The maximum Gasteiger partial charge on any atom is 0.481 e. The Morgan fingerprint density at radius 1 is 1.26 bits per heavy atom. The third kappa shape index (κ3) is 4.43. The van der Waals surface area contributed by atoms with Crippen LogP contribution in [0.15, 0.2) is 16.5 Å². The van der Waals surface area contributed by atoms with Crippen LogP contribution >= 0.6 is 15.6 Å². The second-order valence-electron chi connectivity index (χ2n) is 5.79. The fraction of sp³-hybridized carbons (Fsp3) is 0.700. The zero-order valence-corrected chi connectivity index (χ0v) is 15.4. The summed E-state index contributed by atoms with van der Waals surface area (Å²) in [6.45, 7) is -0.392. The van der Waals surface area contributed by atoms with E-state index in [1.54, 1.807) is 0 Å². The summed E-state index contributed by atoms with van der Waals surface area (Å²) in [5.74, 6) is 0.757. The number of nitrogens with one attached hydrogen (secondary N) is 2. The smallest absolute Gasteiger partial charge is 0.387 e. The topological polar surface area (TPSA) is 229 Å². The SMILES string of the molecule is NC1=NCNC2=C1NCN2[C@@H]1O[C@H](COP(=O)(O)OP(=O)(O)O)[C@@H](O)[C@H]1O. The molecule has 0 aromatic rings. The van der Waals surface area contributed by atoms with Crippen LogP contribution in [0.25, 0.3) is 0 Å². The van der Waals surface area contributed by atoms with Gasteiger partial charge in [-0.3, -0.25) is 4.52 Å². The standard InChI is InChI=1S/C10H19N5O10P2/c11-8-5-9(13-2-12-8)15(3-14-5)10-7(17)6(16)4(24-10)1-23-27(21,22)25-26(18,19)20/h4,6-7,10,13-14,16-17H,1-3H2,(H2,11,12)(H,21,22)(H2,18,19,20)/t4-,6-,7-,10-/m1/s1. The molecule has 0 radical (unpaired) electrons. The first-order valence-electron chi connectivity index (χ1n) is 7.53. The van der Waals surface area contributed by atoms with Crippen LogP contribution in [0.1, 0.15) is 0 Å². The zero-order valence-electron chi connectivity index (χ0n) is 13.6. The van der Waals surface area contributed by atoms with Crippen molar-refractivity contribution in [1.82, 2.24) is 15.5 Å². The van der Waals surface area contributed by atoms with Crippen molar-refractivity contribution in [2.75, 3.05) is 19.9 Å². The number of amidine groups is 1.